The Kier molecular flexibility index (Phi) is 4.37. The van der Waals surface area contributed by atoms with Crippen LogP contribution in [0.2, 0.25) is 0 Å². The van der Waals surface area contributed by atoms with E-state index in [4.69, 9.17) is 4.99 Å². The molecule has 0 amide bonds. The van der Waals surface area contributed by atoms with Crippen molar-refractivity contribution in [3.8, 4) is 5.75 Å². The maximum Gasteiger partial charge on any atom is 0.324 e. The van der Waals surface area contributed by atoms with Gasteiger partial charge in [0.05, 0.1) is 11.4 Å². The van der Waals surface area contributed by atoms with Gasteiger partial charge in [-0.1, -0.05) is 19.1 Å². The van der Waals surface area contributed by atoms with Gasteiger partial charge in [0, 0.05) is 16.6 Å². The second-order valence-electron chi connectivity index (χ2n) is 6.16. The second-order valence-corrected chi connectivity index (χ2v) is 8.63. The van der Waals surface area contributed by atoms with E-state index in [1.165, 1.54) is 0 Å². The van der Waals surface area contributed by atoms with Crippen LogP contribution in [-0.4, -0.2) is 61.1 Å². The van der Waals surface area contributed by atoms with Crippen LogP contribution in [0.1, 0.15) is 19.4 Å². The highest BCUT2D eigenvalue weighted by Crippen LogP contribution is 2.44. The van der Waals surface area contributed by atoms with Crippen molar-refractivity contribution < 1.29 is 15.0 Å². The van der Waals surface area contributed by atoms with E-state index in [1.807, 2.05) is 24.1 Å². The molecule has 124 valence electrons. The first-order valence-electron chi connectivity index (χ1n) is 7.45. The molecule has 2 aliphatic rings. The minimum atomic E-state index is -0.854. The van der Waals surface area contributed by atoms with Crippen molar-refractivity contribution in [2.24, 2.45) is 4.99 Å². The van der Waals surface area contributed by atoms with Crippen molar-refractivity contribution in [3.63, 3.8) is 0 Å². The monoisotopic (exact) mass is 352 g/mol. The SMILES string of the molecule is C[C@@H]1SC(c2ccccc2O)=N[C@H]1[C@@H]1SC[C@](C)(C(=O)O)N1C. The maximum absolute atomic E-state index is 11.6. The molecule has 0 aliphatic carbocycles. The summed E-state index contributed by atoms with van der Waals surface area (Å²) in [5.41, 5.74) is -0.106. The van der Waals surface area contributed by atoms with Crippen LogP contribution in [0.3, 0.4) is 0 Å². The first-order valence-corrected chi connectivity index (χ1v) is 9.38. The molecule has 3 rings (SSSR count). The molecule has 2 N–H and O–H groups in total. The summed E-state index contributed by atoms with van der Waals surface area (Å²) in [5.74, 6) is -0.00800. The molecule has 0 aromatic heterocycles. The van der Waals surface area contributed by atoms with E-state index < -0.39 is 11.5 Å². The molecule has 2 aliphatic heterocycles. The minimum Gasteiger partial charge on any atom is -0.507 e. The normalized spacial score (nSPS) is 34.6. The van der Waals surface area contributed by atoms with E-state index >= 15 is 0 Å². The average Bonchev–Trinajstić information content (AvgIpc) is 3.02. The lowest BCUT2D eigenvalue weighted by Crippen LogP contribution is -2.52. The van der Waals surface area contributed by atoms with Gasteiger partial charge in [0.15, 0.2) is 0 Å². The van der Waals surface area contributed by atoms with Crippen molar-refractivity contribution >= 4 is 34.5 Å². The molecular formula is C16H20N2O3S2. The van der Waals surface area contributed by atoms with E-state index in [0.29, 0.717) is 5.75 Å². The Bertz CT molecular complexity index is 666. The van der Waals surface area contributed by atoms with E-state index in [0.717, 1.165) is 10.6 Å². The molecule has 1 aromatic carbocycles. The molecule has 23 heavy (non-hydrogen) atoms. The van der Waals surface area contributed by atoms with Gasteiger partial charge in [-0.15, -0.1) is 23.5 Å². The van der Waals surface area contributed by atoms with E-state index in [1.54, 1.807) is 42.6 Å². The molecule has 0 saturated carbocycles. The van der Waals surface area contributed by atoms with Crippen LogP contribution < -0.4 is 0 Å². The zero-order valence-electron chi connectivity index (χ0n) is 13.3. The number of thioether (sulfide) groups is 2. The number of hydrogen-bond donors (Lipinski definition) is 2. The van der Waals surface area contributed by atoms with Crippen molar-refractivity contribution in [2.45, 2.75) is 36.1 Å². The van der Waals surface area contributed by atoms with Gasteiger partial charge in [-0.2, -0.15) is 0 Å². The number of phenolic OH excluding ortho intramolecular Hbond substituents is 1. The Morgan fingerprint density at radius 1 is 1.43 bits per heavy atom. The summed E-state index contributed by atoms with van der Waals surface area (Å²) in [4.78, 5) is 18.3. The van der Waals surface area contributed by atoms with Crippen molar-refractivity contribution in [1.29, 1.82) is 0 Å². The summed E-state index contributed by atoms with van der Waals surface area (Å²) in [6, 6.07) is 7.20. The van der Waals surface area contributed by atoms with Crippen molar-refractivity contribution in [3.05, 3.63) is 29.8 Å². The Hall–Kier alpha value is -1.18. The summed E-state index contributed by atoms with van der Waals surface area (Å²) >= 11 is 3.29. The van der Waals surface area contributed by atoms with E-state index in [-0.39, 0.29) is 22.4 Å². The molecule has 0 spiro atoms. The van der Waals surface area contributed by atoms with E-state index in [9.17, 15) is 15.0 Å². The second kappa shape index (κ2) is 6.03. The van der Waals surface area contributed by atoms with Gasteiger partial charge in [-0.05, 0) is 26.1 Å². The lowest BCUT2D eigenvalue weighted by Gasteiger charge is -2.33. The number of phenols is 1. The number of carbonyl (C=O) groups is 1. The van der Waals surface area contributed by atoms with Gasteiger partial charge in [-0.3, -0.25) is 14.7 Å². The fourth-order valence-electron chi connectivity index (χ4n) is 2.88. The summed E-state index contributed by atoms with van der Waals surface area (Å²) in [6.07, 6.45) is 0. The summed E-state index contributed by atoms with van der Waals surface area (Å²) in [7, 11) is 1.86. The van der Waals surface area contributed by atoms with Gasteiger partial charge < -0.3 is 10.2 Å². The molecule has 0 unspecified atom stereocenters. The molecule has 0 bridgehead atoms. The quantitative estimate of drug-likeness (QED) is 0.871. The van der Waals surface area contributed by atoms with Crippen LogP contribution in [0.5, 0.6) is 5.75 Å². The van der Waals surface area contributed by atoms with Crippen LogP contribution in [0, 0.1) is 0 Å². The number of nitrogens with zero attached hydrogens (tertiary/aromatic N) is 2. The average molecular weight is 352 g/mol. The minimum absolute atomic E-state index is 0.00535. The van der Waals surface area contributed by atoms with Gasteiger partial charge in [0.1, 0.15) is 16.3 Å². The molecule has 1 aromatic rings. The maximum atomic E-state index is 11.6. The zero-order chi connectivity index (χ0) is 16.8. The number of aliphatic imine (C=N–C) groups is 1. The number of aromatic hydroxyl groups is 1. The van der Waals surface area contributed by atoms with Gasteiger partial charge in [0.25, 0.3) is 0 Å². The topological polar surface area (TPSA) is 73.1 Å². The molecule has 0 radical (unpaired) electrons. The largest absolute Gasteiger partial charge is 0.507 e. The summed E-state index contributed by atoms with van der Waals surface area (Å²) in [6.45, 7) is 3.87. The third kappa shape index (κ3) is 2.75. The molecular weight excluding hydrogens is 332 g/mol. The Morgan fingerprint density at radius 2 is 2.13 bits per heavy atom. The van der Waals surface area contributed by atoms with Crippen LogP contribution in [0.4, 0.5) is 0 Å². The number of carboxylic acids is 1. The van der Waals surface area contributed by atoms with Crippen molar-refractivity contribution in [2.75, 3.05) is 12.8 Å². The fraction of sp³-hybridized carbons (Fsp3) is 0.500. The van der Waals surface area contributed by atoms with E-state index in [2.05, 4.69) is 6.92 Å². The van der Waals surface area contributed by atoms with Crippen LogP contribution >= 0.6 is 23.5 Å². The first kappa shape index (κ1) is 16.7. The lowest BCUT2D eigenvalue weighted by atomic mass is 10.0. The summed E-state index contributed by atoms with van der Waals surface area (Å²) < 4.78 is 0. The number of likely N-dealkylation sites (N-methyl/N-ethyl adjacent to an activating group) is 1. The third-order valence-corrected chi connectivity index (χ3v) is 7.49. The molecule has 7 heteroatoms. The number of aliphatic carboxylic acids is 1. The van der Waals surface area contributed by atoms with Gasteiger partial charge >= 0.3 is 5.97 Å². The molecule has 1 saturated heterocycles. The Morgan fingerprint density at radius 3 is 2.74 bits per heavy atom. The van der Waals surface area contributed by atoms with Crippen molar-refractivity contribution in [1.82, 2.24) is 4.90 Å². The molecule has 4 atom stereocenters. The predicted octanol–water partition coefficient (Wildman–Crippen LogP) is 2.49. The van der Waals surface area contributed by atoms with Gasteiger partial charge in [-0.25, -0.2) is 0 Å². The number of carboxylic acid groups (broad SMARTS) is 1. The third-order valence-electron chi connectivity index (χ3n) is 4.63. The molecule has 1 fully saturated rings. The first-order chi connectivity index (χ1) is 10.8. The Labute approximate surface area is 144 Å². The molecule has 5 nitrogen and oxygen atoms in total. The predicted molar refractivity (Wildman–Crippen MR) is 95.5 cm³/mol. The van der Waals surface area contributed by atoms with Gasteiger partial charge in [0.2, 0.25) is 0 Å². The number of hydrogen-bond acceptors (Lipinski definition) is 6. The summed E-state index contributed by atoms with van der Waals surface area (Å²) in [5, 5.41) is 20.6. The number of rotatable bonds is 3. The Balaban J connectivity index is 1.87. The van der Waals surface area contributed by atoms with Crippen LogP contribution in [-0.2, 0) is 4.79 Å². The highest BCUT2D eigenvalue weighted by molar-refractivity contribution is 8.15. The van der Waals surface area contributed by atoms with Crippen LogP contribution in [0.15, 0.2) is 29.3 Å². The lowest BCUT2D eigenvalue weighted by molar-refractivity contribution is -0.147. The van der Waals surface area contributed by atoms with Crippen LogP contribution in [0.25, 0.3) is 0 Å². The smallest absolute Gasteiger partial charge is 0.324 e. The standard InChI is InChI=1S/C16H20N2O3S2/c1-9-12(14-18(3)16(2,8-22-14)15(20)21)17-13(23-9)10-6-4-5-7-11(10)19/h4-7,9,12,14,19H,8H2,1-3H3,(H,20,21)/t9-,12+,14-,16+/m0/s1. The fourth-order valence-corrected chi connectivity index (χ4v) is 5.94. The highest BCUT2D eigenvalue weighted by Gasteiger charge is 2.51. The number of benzene rings is 1. The highest BCUT2D eigenvalue weighted by atomic mass is 32.2. The molecule has 2 heterocycles. The number of para-hydroxylation sites is 1. The zero-order valence-corrected chi connectivity index (χ0v) is 14.9.